The Morgan fingerprint density at radius 1 is 1.33 bits per heavy atom. The first kappa shape index (κ1) is 14.0. The van der Waals surface area contributed by atoms with Crippen LogP contribution in [-0.4, -0.2) is 32.0 Å². The molecule has 6 heteroatoms. The van der Waals surface area contributed by atoms with Gasteiger partial charge in [-0.1, -0.05) is 6.07 Å². The molecule has 0 spiro atoms. The van der Waals surface area contributed by atoms with Crippen molar-refractivity contribution in [1.29, 1.82) is 0 Å². The number of carbonyl (C=O) groups excluding carboxylic acids is 2. The Balaban J connectivity index is 2.88. The molecule has 0 aliphatic rings. The zero-order valence-corrected chi connectivity index (χ0v) is 10.3. The quantitative estimate of drug-likeness (QED) is 0.445. The lowest BCUT2D eigenvalue weighted by molar-refractivity contribution is -0.142. The van der Waals surface area contributed by atoms with Crippen LogP contribution < -0.4 is 16.2 Å². The summed E-state index contributed by atoms with van der Waals surface area (Å²) in [7, 11) is 2.67. The summed E-state index contributed by atoms with van der Waals surface area (Å²) in [5.41, 5.74) is 11.8. The molecule has 0 fully saturated rings. The highest BCUT2D eigenvalue weighted by Gasteiger charge is 2.21. The van der Waals surface area contributed by atoms with E-state index in [1.54, 1.807) is 18.2 Å². The van der Waals surface area contributed by atoms with E-state index in [1.165, 1.54) is 14.2 Å². The lowest BCUT2D eigenvalue weighted by Crippen LogP contribution is -2.34. The van der Waals surface area contributed by atoms with Gasteiger partial charge in [-0.15, -0.1) is 0 Å². The summed E-state index contributed by atoms with van der Waals surface area (Å²) in [5.74, 6) is -0.554. The highest BCUT2D eigenvalue weighted by Crippen LogP contribution is 2.25. The SMILES string of the molecule is COC(=O)C(N)CC(=O)c1cccc(OC)c1N. The molecule has 0 saturated carbocycles. The molecule has 1 aromatic carbocycles. The van der Waals surface area contributed by atoms with Crippen molar-refractivity contribution >= 4 is 17.4 Å². The number of ether oxygens (including phenoxy) is 2. The van der Waals surface area contributed by atoms with E-state index in [2.05, 4.69) is 4.74 Å². The predicted molar refractivity (Wildman–Crippen MR) is 66.3 cm³/mol. The third-order valence-electron chi connectivity index (χ3n) is 2.50. The van der Waals surface area contributed by atoms with Crippen molar-refractivity contribution in [2.45, 2.75) is 12.5 Å². The molecule has 1 unspecified atom stereocenters. The van der Waals surface area contributed by atoms with Gasteiger partial charge >= 0.3 is 5.97 Å². The first-order valence-electron chi connectivity index (χ1n) is 5.30. The molecule has 0 radical (unpaired) electrons. The van der Waals surface area contributed by atoms with E-state index in [0.717, 1.165) is 0 Å². The molecule has 4 N–H and O–H groups in total. The van der Waals surface area contributed by atoms with E-state index in [9.17, 15) is 9.59 Å². The lowest BCUT2D eigenvalue weighted by atomic mass is 10.0. The molecule has 0 aliphatic carbocycles. The fourth-order valence-corrected chi connectivity index (χ4v) is 1.51. The second-order valence-corrected chi connectivity index (χ2v) is 3.68. The van der Waals surface area contributed by atoms with Gasteiger partial charge in [0.1, 0.15) is 11.8 Å². The van der Waals surface area contributed by atoms with Gasteiger partial charge in [0, 0.05) is 12.0 Å². The molecule has 98 valence electrons. The van der Waals surface area contributed by atoms with Crippen molar-refractivity contribution in [3.63, 3.8) is 0 Å². The van der Waals surface area contributed by atoms with Crippen molar-refractivity contribution < 1.29 is 19.1 Å². The van der Waals surface area contributed by atoms with E-state index in [-0.39, 0.29) is 23.5 Å². The maximum absolute atomic E-state index is 11.9. The zero-order valence-electron chi connectivity index (χ0n) is 10.3. The normalized spacial score (nSPS) is 11.7. The summed E-state index contributed by atoms with van der Waals surface area (Å²) < 4.78 is 9.46. The number of methoxy groups -OCH3 is 2. The number of rotatable bonds is 5. The van der Waals surface area contributed by atoms with Crippen molar-refractivity contribution in [2.75, 3.05) is 20.0 Å². The Hall–Kier alpha value is -2.08. The third kappa shape index (κ3) is 2.98. The van der Waals surface area contributed by atoms with Crippen molar-refractivity contribution in [2.24, 2.45) is 5.73 Å². The molecule has 18 heavy (non-hydrogen) atoms. The molecule has 0 aliphatic heterocycles. The monoisotopic (exact) mass is 252 g/mol. The first-order valence-corrected chi connectivity index (χ1v) is 5.30. The largest absolute Gasteiger partial charge is 0.495 e. The summed E-state index contributed by atoms with van der Waals surface area (Å²) in [4.78, 5) is 23.1. The van der Waals surface area contributed by atoms with Crippen LogP contribution in [0.15, 0.2) is 18.2 Å². The van der Waals surface area contributed by atoms with Gasteiger partial charge in [-0.25, -0.2) is 0 Å². The van der Waals surface area contributed by atoms with Crippen LogP contribution in [0.1, 0.15) is 16.8 Å². The van der Waals surface area contributed by atoms with Gasteiger partial charge in [0.25, 0.3) is 0 Å². The highest BCUT2D eigenvalue weighted by atomic mass is 16.5. The predicted octanol–water partition coefficient (Wildman–Crippen LogP) is 0.350. The number of esters is 1. The van der Waals surface area contributed by atoms with E-state index in [4.69, 9.17) is 16.2 Å². The average molecular weight is 252 g/mol. The average Bonchev–Trinajstić information content (AvgIpc) is 2.37. The van der Waals surface area contributed by atoms with Crippen LogP contribution in [0.25, 0.3) is 0 Å². The lowest BCUT2D eigenvalue weighted by Gasteiger charge is -2.11. The summed E-state index contributed by atoms with van der Waals surface area (Å²) >= 11 is 0. The molecule has 0 aromatic heterocycles. The van der Waals surface area contributed by atoms with Crippen LogP contribution in [0.3, 0.4) is 0 Å². The topological polar surface area (TPSA) is 105 Å². The number of nitrogen functional groups attached to an aromatic ring is 1. The molecule has 0 amide bonds. The molecule has 1 atom stereocenters. The summed E-state index contributed by atoms with van der Waals surface area (Å²) in [6.07, 6.45) is -0.163. The number of ketones is 1. The number of hydrogen-bond acceptors (Lipinski definition) is 6. The van der Waals surface area contributed by atoms with E-state index in [1.807, 2.05) is 0 Å². The Bertz CT molecular complexity index is 459. The minimum Gasteiger partial charge on any atom is -0.495 e. The number of nitrogens with two attached hydrogens (primary N) is 2. The number of anilines is 1. The maximum atomic E-state index is 11.9. The highest BCUT2D eigenvalue weighted by molar-refractivity contribution is 6.03. The number of benzene rings is 1. The van der Waals surface area contributed by atoms with Gasteiger partial charge in [0.2, 0.25) is 0 Å². The molecule has 0 heterocycles. The maximum Gasteiger partial charge on any atom is 0.323 e. The van der Waals surface area contributed by atoms with Crippen molar-refractivity contribution in [3.05, 3.63) is 23.8 Å². The second kappa shape index (κ2) is 6.02. The summed E-state index contributed by atoms with van der Waals surface area (Å²) in [6, 6.07) is 3.86. The number of para-hydroxylation sites is 1. The Morgan fingerprint density at radius 3 is 2.56 bits per heavy atom. The van der Waals surface area contributed by atoms with Crippen LogP contribution in [0, 0.1) is 0 Å². The van der Waals surface area contributed by atoms with Crippen LogP contribution in [0.5, 0.6) is 5.75 Å². The Labute approximate surface area is 105 Å². The number of carbonyl (C=O) groups is 2. The zero-order chi connectivity index (χ0) is 13.7. The van der Waals surface area contributed by atoms with Gasteiger partial charge in [0.15, 0.2) is 5.78 Å². The Kier molecular flexibility index (Phi) is 4.67. The summed E-state index contributed by atoms with van der Waals surface area (Å²) in [6.45, 7) is 0. The van der Waals surface area contributed by atoms with Crippen LogP contribution >= 0.6 is 0 Å². The van der Waals surface area contributed by atoms with Crippen molar-refractivity contribution in [1.82, 2.24) is 0 Å². The van der Waals surface area contributed by atoms with Gasteiger partial charge in [-0.3, -0.25) is 9.59 Å². The number of Topliss-reactive ketones (excluding diaryl/α,β-unsaturated/α-hetero) is 1. The molecular formula is C12H16N2O4. The van der Waals surface area contributed by atoms with Gasteiger partial charge in [0.05, 0.1) is 19.9 Å². The fraction of sp³-hybridized carbons (Fsp3) is 0.333. The van der Waals surface area contributed by atoms with E-state index >= 15 is 0 Å². The second-order valence-electron chi connectivity index (χ2n) is 3.68. The molecule has 0 saturated heterocycles. The van der Waals surface area contributed by atoms with Crippen LogP contribution in [0.4, 0.5) is 5.69 Å². The smallest absolute Gasteiger partial charge is 0.323 e. The standard InChI is InChI=1S/C12H16N2O4/c1-17-10-5-3-4-7(11(10)14)9(15)6-8(13)12(16)18-2/h3-5,8H,6,13-14H2,1-2H3. The summed E-state index contributed by atoms with van der Waals surface area (Å²) in [5, 5.41) is 0. The number of hydrogen-bond donors (Lipinski definition) is 2. The van der Waals surface area contributed by atoms with Crippen LogP contribution in [0.2, 0.25) is 0 Å². The van der Waals surface area contributed by atoms with Crippen LogP contribution in [-0.2, 0) is 9.53 Å². The fourth-order valence-electron chi connectivity index (χ4n) is 1.51. The minimum atomic E-state index is -0.992. The van der Waals surface area contributed by atoms with Gasteiger partial charge in [-0.05, 0) is 12.1 Å². The third-order valence-corrected chi connectivity index (χ3v) is 2.50. The Morgan fingerprint density at radius 2 is 2.00 bits per heavy atom. The van der Waals surface area contributed by atoms with Crippen molar-refractivity contribution in [3.8, 4) is 5.75 Å². The molecule has 6 nitrogen and oxygen atoms in total. The van der Waals surface area contributed by atoms with E-state index < -0.39 is 12.0 Å². The van der Waals surface area contributed by atoms with E-state index in [0.29, 0.717) is 5.75 Å². The first-order chi connectivity index (χ1) is 8.51. The van der Waals surface area contributed by atoms with Gasteiger partial charge < -0.3 is 20.9 Å². The molecule has 0 bridgehead atoms. The van der Waals surface area contributed by atoms with Gasteiger partial charge in [-0.2, -0.15) is 0 Å². The molecule has 1 rings (SSSR count). The molecule has 1 aromatic rings. The minimum absolute atomic E-state index is 0.163. The molecular weight excluding hydrogens is 236 g/mol.